The minimum Gasteiger partial charge on any atom is -0.366 e. The third-order valence-electron chi connectivity index (χ3n) is 6.01. The van der Waals surface area contributed by atoms with Crippen LogP contribution in [0.3, 0.4) is 0 Å². The van der Waals surface area contributed by atoms with Gasteiger partial charge in [0.15, 0.2) is 5.82 Å². The fourth-order valence-corrected chi connectivity index (χ4v) is 5.36. The first-order valence-corrected chi connectivity index (χ1v) is 13.2. The summed E-state index contributed by atoms with van der Waals surface area (Å²) in [6.07, 6.45) is 2.66. The monoisotopic (exact) mass is 584 g/mol. The van der Waals surface area contributed by atoms with Crippen LogP contribution < -0.4 is 10.5 Å². The molecular weight excluding hydrogens is 569 g/mol. The molecule has 4 N–H and O–H groups in total. The molecule has 0 bridgehead atoms. The molecule has 5 rings (SSSR count). The molecule has 0 saturated heterocycles. The Morgan fingerprint density at radius 3 is 2.45 bits per heavy atom. The molecular formula is C27H16ClF3N4O4S. The minimum absolute atomic E-state index is 0.0614. The lowest BCUT2D eigenvalue weighted by Gasteiger charge is -2.12. The number of aromatic nitrogens is 2. The maximum absolute atomic E-state index is 15.5. The second kappa shape index (κ2) is 10.1. The van der Waals surface area contributed by atoms with E-state index >= 15 is 4.39 Å². The fraction of sp³-hybridized carbons (Fsp3) is 0. The van der Waals surface area contributed by atoms with Crippen molar-refractivity contribution in [2.45, 2.75) is 4.90 Å². The number of aromatic amines is 1. The van der Waals surface area contributed by atoms with Crippen LogP contribution in [-0.2, 0) is 10.0 Å². The van der Waals surface area contributed by atoms with Gasteiger partial charge in [0.2, 0.25) is 11.7 Å². The van der Waals surface area contributed by atoms with Crippen LogP contribution in [0.5, 0.6) is 0 Å². The Labute approximate surface area is 229 Å². The number of nitrogens with two attached hydrogens (primary N) is 1. The number of nitrogens with zero attached hydrogens (tertiary/aromatic N) is 1. The normalized spacial score (nSPS) is 11.5. The highest BCUT2D eigenvalue weighted by molar-refractivity contribution is 7.92. The summed E-state index contributed by atoms with van der Waals surface area (Å²) in [5.74, 6) is -5.39. The van der Waals surface area contributed by atoms with E-state index in [2.05, 4.69) is 9.97 Å². The van der Waals surface area contributed by atoms with Gasteiger partial charge in [-0.25, -0.2) is 26.6 Å². The van der Waals surface area contributed by atoms with Crippen LogP contribution in [0.1, 0.15) is 26.3 Å². The van der Waals surface area contributed by atoms with Gasteiger partial charge in [0, 0.05) is 28.9 Å². The predicted molar refractivity (Wildman–Crippen MR) is 142 cm³/mol. The molecule has 2 aromatic heterocycles. The number of fused-ring (bicyclic) bond motifs is 1. The first kappa shape index (κ1) is 26.9. The van der Waals surface area contributed by atoms with E-state index in [1.807, 2.05) is 4.72 Å². The van der Waals surface area contributed by atoms with E-state index in [4.69, 9.17) is 17.3 Å². The average molecular weight is 585 g/mol. The first-order valence-electron chi connectivity index (χ1n) is 11.3. The zero-order valence-electron chi connectivity index (χ0n) is 20.0. The van der Waals surface area contributed by atoms with E-state index in [-0.39, 0.29) is 27.2 Å². The van der Waals surface area contributed by atoms with E-state index < -0.39 is 55.3 Å². The van der Waals surface area contributed by atoms with Crippen LogP contribution in [0.2, 0.25) is 5.02 Å². The van der Waals surface area contributed by atoms with Crippen molar-refractivity contribution in [2.75, 3.05) is 4.72 Å². The van der Waals surface area contributed by atoms with Crippen LogP contribution in [0, 0.1) is 17.5 Å². The molecule has 3 aromatic carbocycles. The summed E-state index contributed by atoms with van der Waals surface area (Å²) in [4.78, 5) is 31.6. The molecule has 0 aliphatic rings. The van der Waals surface area contributed by atoms with Gasteiger partial charge in [-0.3, -0.25) is 14.3 Å². The summed E-state index contributed by atoms with van der Waals surface area (Å²) in [7, 11) is -4.47. The molecule has 0 aliphatic heterocycles. The maximum Gasteiger partial charge on any atom is 0.262 e. The Morgan fingerprint density at radius 2 is 1.73 bits per heavy atom. The lowest BCUT2D eigenvalue weighted by Crippen LogP contribution is -2.16. The third-order valence-corrected chi connectivity index (χ3v) is 7.70. The second-order valence-corrected chi connectivity index (χ2v) is 10.6. The van der Waals surface area contributed by atoms with Crippen molar-refractivity contribution in [3.8, 4) is 11.1 Å². The summed E-state index contributed by atoms with van der Waals surface area (Å²) in [6, 6.07) is 11.5. The molecule has 40 heavy (non-hydrogen) atoms. The van der Waals surface area contributed by atoms with Crippen LogP contribution in [0.15, 0.2) is 78.0 Å². The highest BCUT2D eigenvalue weighted by atomic mass is 35.5. The van der Waals surface area contributed by atoms with E-state index in [1.54, 1.807) is 6.07 Å². The molecule has 0 atom stereocenters. The Kier molecular flexibility index (Phi) is 6.82. The van der Waals surface area contributed by atoms with E-state index in [9.17, 15) is 26.8 Å². The highest BCUT2D eigenvalue weighted by Gasteiger charge is 2.27. The number of anilines is 1. The van der Waals surface area contributed by atoms with Gasteiger partial charge in [-0.2, -0.15) is 0 Å². The zero-order valence-corrected chi connectivity index (χ0v) is 21.6. The Bertz CT molecular complexity index is 1960. The molecule has 2 heterocycles. The van der Waals surface area contributed by atoms with Crippen LogP contribution in [0.4, 0.5) is 18.9 Å². The molecule has 0 aliphatic carbocycles. The number of amides is 1. The smallest absolute Gasteiger partial charge is 0.262 e. The summed E-state index contributed by atoms with van der Waals surface area (Å²) in [5, 5.41) is 0.337. The minimum atomic E-state index is -4.47. The highest BCUT2D eigenvalue weighted by Crippen LogP contribution is 2.31. The third kappa shape index (κ3) is 4.90. The summed E-state index contributed by atoms with van der Waals surface area (Å²) in [6.45, 7) is 0. The lowest BCUT2D eigenvalue weighted by atomic mass is 9.99. The van der Waals surface area contributed by atoms with E-state index in [0.717, 1.165) is 36.4 Å². The van der Waals surface area contributed by atoms with E-state index in [0.29, 0.717) is 11.1 Å². The summed E-state index contributed by atoms with van der Waals surface area (Å²) < 4.78 is 71.1. The number of carbonyl (C=O) groups excluding carboxylic acids is 2. The van der Waals surface area contributed by atoms with Crippen molar-refractivity contribution in [3.05, 3.63) is 112 Å². The fourth-order valence-electron chi connectivity index (χ4n) is 4.05. The standard InChI is InChI=1S/C27H16ClF3N4O4S/c28-20-5-4-13(8-18(20)26(32)37)14-9-17-19(12-34-27(17)33-11-14)25(36)23-21(30)6-7-22(24(23)31)35-40(38,39)16-3-1-2-15(29)10-16/h1-12,35H,(H2,32,37)(H,33,34). The van der Waals surface area contributed by atoms with Gasteiger partial charge in [-0.15, -0.1) is 0 Å². The Balaban J connectivity index is 1.55. The number of hydrogen-bond donors (Lipinski definition) is 3. The van der Waals surface area contributed by atoms with Gasteiger partial charge in [-0.1, -0.05) is 23.7 Å². The summed E-state index contributed by atoms with van der Waals surface area (Å²) >= 11 is 6.02. The Hall–Kier alpha value is -4.68. The molecule has 1 amide bonds. The largest absolute Gasteiger partial charge is 0.366 e. The zero-order chi connectivity index (χ0) is 28.8. The number of halogens is 4. The number of nitrogens with one attached hydrogen (secondary N) is 2. The number of hydrogen-bond acceptors (Lipinski definition) is 5. The number of carbonyl (C=O) groups is 2. The van der Waals surface area contributed by atoms with Crippen molar-refractivity contribution < 1.29 is 31.2 Å². The topological polar surface area (TPSA) is 135 Å². The lowest BCUT2D eigenvalue weighted by molar-refractivity contribution is 0.0998. The Morgan fingerprint density at radius 1 is 0.950 bits per heavy atom. The maximum atomic E-state index is 15.5. The summed E-state index contributed by atoms with van der Waals surface area (Å²) in [5.41, 5.74) is 4.68. The quantitative estimate of drug-likeness (QED) is 0.219. The number of ketones is 1. The number of primary amides is 1. The average Bonchev–Trinajstić information content (AvgIpc) is 3.34. The van der Waals surface area contributed by atoms with Gasteiger partial charge >= 0.3 is 0 Å². The number of rotatable bonds is 7. The van der Waals surface area contributed by atoms with Crippen molar-refractivity contribution in [1.29, 1.82) is 0 Å². The van der Waals surface area contributed by atoms with Crippen molar-refractivity contribution in [1.82, 2.24) is 9.97 Å². The SMILES string of the molecule is NC(=O)c1cc(-c2cnc3[nH]cc(C(=O)c4c(F)ccc(NS(=O)(=O)c5cccc(F)c5)c4F)c3c2)ccc1Cl. The predicted octanol–water partition coefficient (Wildman–Crippen LogP) is 5.43. The number of pyridine rings is 1. The molecule has 0 radical (unpaired) electrons. The van der Waals surface area contributed by atoms with Crippen LogP contribution >= 0.6 is 11.6 Å². The second-order valence-electron chi connectivity index (χ2n) is 8.56. The van der Waals surface area contributed by atoms with Gasteiger partial charge in [0.1, 0.15) is 17.3 Å². The van der Waals surface area contributed by atoms with E-state index in [1.165, 1.54) is 30.6 Å². The van der Waals surface area contributed by atoms with Gasteiger partial charge in [0.25, 0.3) is 10.0 Å². The van der Waals surface area contributed by atoms with Gasteiger partial charge in [0.05, 0.1) is 26.7 Å². The molecule has 5 aromatic rings. The van der Waals surface area contributed by atoms with Crippen LogP contribution in [0.25, 0.3) is 22.2 Å². The van der Waals surface area contributed by atoms with Crippen LogP contribution in [-0.4, -0.2) is 30.1 Å². The molecule has 0 spiro atoms. The molecule has 202 valence electrons. The first-order chi connectivity index (χ1) is 19.0. The number of sulfonamides is 1. The van der Waals surface area contributed by atoms with Gasteiger partial charge < -0.3 is 10.7 Å². The van der Waals surface area contributed by atoms with Gasteiger partial charge in [-0.05, 0) is 54.1 Å². The molecule has 8 nitrogen and oxygen atoms in total. The number of benzene rings is 3. The molecule has 0 fully saturated rings. The van der Waals surface area contributed by atoms with Crippen molar-refractivity contribution >= 4 is 50.0 Å². The molecule has 0 unspecified atom stereocenters. The molecule has 0 saturated carbocycles. The molecule has 13 heteroatoms. The van der Waals surface area contributed by atoms with Crippen molar-refractivity contribution in [3.63, 3.8) is 0 Å². The van der Waals surface area contributed by atoms with Crippen molar-refractivity contribution in [2.24, 2.45) is 5.73 Å². The number of H-pyrrole nitrogens is 1.